The molecule has 140 valence electrons. The number of nitrogens with zero attached hydrogens (tertiary/aromatic N) is 1. The molecule has 1 saturated heterocycles. The van der Waals surface area contributed by atoms with E-state index in [0.717, 1.165) is 38.3 Å². The third-order valence-corrected chi connectivity index (χ3v) is 5.04. The topological polar surface area (TPSA) is 54.7 Å². The molecule has 1 N–H and O–H groups in total. The maximum atomic E-state index is 12.8. The van der Waals surface area contributed by atoms with Crippen molar-refractivity contribution in [2.24, 2.45) is 0 Å². The summed E-state index contributed by atoms with van der Waals surface area (Å²) in [6.45, 7) is 5.64. The Labute approximate surface area is 162 Å². The van der Waals surface area contributed by atoms with Crippen LogP contribution in [0.1, 0.15) is 0 Å². The lowest BCUT2D eigenvalue weighted by molar-refractivity contribution is 0.191. The zero-order chi connectivity index (χ0) is 18.6. The first-order chi connectivity index (χ1) is 13.2. The average Bonchev–Trinajstić information content (AvgIpc) is 2.70. The smallest absolute Gasteiger partial charge is 0.200 e. The molecule has 1 aliphatic rings. The molecule has 6 heteroatoms. The largest absolute Gasteiger partial charge is 0.492 e. The Morgan fingerprint density at radius 2 is 1.89 bits per heavy atom. The predicted octanol–water partition coefficient (Wildman–Crippen LogP) is 3.40. The first-order valence-electron chi connectivity index (χ1n) is 9.08. The summed E-state index contributed by atoms with van der Waals surface area (Å²) in [5, 5.41) is 4.51. The average molecular weight is 385 g/mol. The molecular formula is C21H21ClN2O3. The highest BCUT2D eigenvalue weighted by atomic mass is 35.5. The Bertz CT molecular complexity index is 979. The number of benzene rings is 2. The normalized spacial score (nSPS) is 15.1. The van der Waals surface area contributed by atoms with Crippen LogP contribution < -0.4 is 15.5 Å². The Morgan fingerprint density at radius 1 is 1.11 bits per heavy atom. The van der Waals surface area contributed by atoms with Crippen molar-refractivity contribution in [2.45, 2.75) is 0 Å². The van der Waals surface area contributed by atoms with Gasteiger partial charge >= 0.3 is 0 Å². The van der Waals surface area contributed by atoms with E-state index >= 15 is 0 Å². The van der Waals surface area contributed by atoms with Crippen molar-refractivity contribution in [2.75, 3.05) is 39.3 Å². The van der Waals surface area contributed by atoms with Gasteiger partial charge in [0.25, 0.3) is 0 Å². The zero-order valence-electron chi connectivity index (χ0n) is 14.9. The number of fused-ring (bicyclic) bond motifs is 1. The van der Waals surface area contributed by atoms with Crippen molar-refractivity contribution in [3.8, 4) is 16.9 Å². The summed E-state index contributed by atoms with van der Waals surface area (Å²) in [5.41, 5.74) is 1.77. The van der Waals surface area contributed by atoms with Gasteiger partial charge in [0.1, 0.15) is 24.2 Å². The Morgan fingerprint density at radius 3 is 2.67 bits per heavy atom. The van der Waals surface area contributed by atoms with Crippen molar-refractivity contribution in [1.29, 1.82) is 0 Å². The van der Waals surface area contributed by atoms with Crippen LogP contribution in [0.25, 0.3) is 22.1 Å². The second-order valence-corrected chi connectivity index (χ2v) is 7.02. The summed E-state index contributed by atoms with van der Waals surface area (Å²) in [5.74, 6) is 0.708. The second kappa shape index (κ2) is 8.13. The number of hydrogen-bond acceptors (Lipinski definition) is 5. The minimum atomic E-state index is -0.0639. The molecule has 0 saturated carbocycles. The molecule has 0 bridgehead atoms. The molecular weight excluding hydrogens is 364 g/mol. The van der Waals surface area contributed by atoms with E-state index in [-0.39, 0.29) is 5.43 Å². The van der Waals surface area contributed by atoms with Crippen molar-refractivity contribution in [3.05, 3.63) is 64.0 Å². The lowest BCUT2D eigenvalue weighted by atomic mass is 10.1. The highest BCUT2D eigenvalue weighted by molar-refractivity contribution is 6.30. The first-order valence-corrected chi connectivity index (χ1v) is 9.46. The molecule has 0 spiro atoms. The predicted molar refractivity (Wildman–Crippen MR) is 108 cm³/mol. The van der Waals surface area contributed by atoms with Crippen LogP contribution in [0.3, 0.4) is 0 Å². The van der Waals surface area contributed by atoms with Gasteiger partial charge in [0, 0.05) is 43.8 Å². The molecule has 0 amide bonds. The summed E-state index contributed by atoms with van der Waals surface area (Å²) in [6.07, 6.45) is 1.50. The third-order valence-electron chi connectivity index (χ3n) is 4.79. The van der Waals surface area contributed by atoms with Crippen molar-refractivity contribution in [3.63, 3.8) is 0 Å². The van der Waals surface area contributed by atoms with Gasteiger partial charge in [-0.3, -0.25) is 9.69 Å². The molecule has 2 aromatic carbocycles. The van der Waals surface area contributed by atoms with Crippen molar-refractivity contribution in [1.82, 2.24) is 10.2 Å². The molecule has 1 fully saturated rings. The summed E-state index contributed by atoms with van der Waals surface area (Å²) >= 11 is 5.92. The molecule has 1 aliphatic heterocycles. The monoisotopic (exact) mass is 384 g/mol. The van der Waals surface area contributed by atoms with Gasteiger partial charge < -0.3 is 14.5 Å². The van der Waals surface area contributed by atoms with Crippen LogP contribution in [0, 0.1) is 0 Å². The standard InChI is InChI=1S/C21H21ClN2O3/c22-16-3-1-15(2-4-16)19-14-27-20-13-17(5-6-18(20)21(19)25)26-12-11-24-9-7-23-8-10-24/h1-6,13-14,23H,7-12H2. The molecule has 4 rings (SSSR count). The number of halogens is 1. The first kappa shape index (κ1) is 18.0. The van der Waals surface area contributed by atoms with Gasteiger partial charge in [0.05, 0.1) is 10.9 Å². The van der Waals surface area contributed by atoms with E-state index in [1.807, 2.05) is 18.2 Å². The molecule has 1 aromatic heterocycles. The third kappa shape index (κ3) is 4.16. The fraction of sp³-hybridized carbons (Fsp3) is 0.286. The van der Waals surface area contributed by atoms with Gasteiger partial charge in [-0.1, -0.05) is 23.7 Å². The van der Waals surface area contributed by atoms with Crippen molar-refractivity contribution < 1.29 is 9.15 Å². The maximum absolute atomic E-state index is 12.8. The molecule has 0 aliphatic carbocycles. The van der Waals surface area contributed by atoms with Crippen molar-refractivity contribution >= 4 is 22.6 Å². The molecule has 3 aromatic rings. The van der Waals surface area contributed by atoms with Crippen LogP contribution in [-0.4, -0.2) is 44.2 Å². The quantitative estimate of drug-likeness (QED) is 0.730. The van der Waals surface area contributed by atoms with E-state index in [0.29, 0.717) is 33.9 Å². The maximum Gasteiger partial charge on any atom is 0.200 e. The Hall–Kier alpha value is -2.34. The van der Waals surface area contributed by atoms with E-state index in [1.54, 1.807) is 24.3 Å². The number of nitrogens with one attached hydrogen (secondary N) is 1. The highest BCUT2D eigenvalue weighted by Gasteiger charge is 2.11. The molecule has 27 heavy (non-hydrogen) atoms. The summed E-state index contributed by atoms with van der Waals surface area (Å²) in [7, 11) is 0. The van der Waals surface area contributed by atoms with Gasteiger partial charge in [-0.15, -0.1) is 0 Å². The van der Waals surface area contributed by atoms with Crippen LogP contribution >= 0.6 is 11.6 Å². The highest BCUT2D eigenvalue weighted by Crippen LogP contribution is 2.24. The lowest BCUT2D eigenvalue weighted by Crippen LogP contribution is -2.44. The zero-order valence-corrected chi connectivity index (χ0v) is 15.7. The van der Waals surface area contributed by atoms with Crippen LogP contribution in [0.5, 0.6) is 5.75 Å². The SMILES string of the molecule is O=c1c(-c2ccc(Cl)cc2)coc2cc(OCCN3CCNCC3)ccc12. The van der Waals surface area contributed by atoms with Crippen LogP contribution in [0.4, 0.5) is 0 Å². The van der Waals surface area contributed by atoms with Crippen LogP contribution in [0.2, 0.25) is 5.02 Å². The number of piperazine rings is 1. The Kier molecular flexibility index (Phi) is 5.43. The lowest BCUT2D eigenvalue weighted by Gasteiger charge is -2.26. The molecule has 0 atom stereocenters. The van der Waals surface area contributed by atoms with E-state index < -0.39 is 0 Å². The van der Waals surface area contributed by atoms with Crippen LogP contribution in [-0.2, 0) is 0 Å². The number of hydrogen-bond donors (Lipinski definition) is 1. The molecule has 5 nitrogen and oxygen atoms in total. The number of ether oxygens (including phenoxy) is 1. The van der Waals surface area contributed by atoms with Gasteiger partial charge in [-0.2, -0.15) is 0 Å². The molecule has 2 heterocycles. The van der Waals surface area contributed by atoms with Crippen LogP contribution in [0.15, 0.2) is 57.9 Å². The summed E-state index contributed by atoms with van der Waals surface area (Å²) in [6, 6.07) is 12.5. The van der Waals surface area contributed by atoms with Gasteiger partial charge in [0.15, 0.2) is 5.43 Å². The van der Waals surface area contributed by atoms with Gasteiger partial charge in [0.2, 0.25) is 0 Å². The summed E-state index contributed by atoms with van der Waals surface area (Å²) < 4.78 is 11.6. The van der Waals surface area contributed by atoms with Gasteiger partial charge in [-0.05, 0) is 29.8 Å². The minimum Gasteiger partial charge on any atom is -0.492 e. The Balaban J connectivity index is 1.50. The fourth-order valence-corrected chi connectivity index (χ4v) is 3.38. The molecule has 0 radical (unpaired) electrons. The van der Waals surface area contributed by atoms with Gasteiger partial charge in [-0.25, -0.2) is 0 Å². The van der Waals surface area contributed by atoms with E-state index in [4.69, 9.17) is 20.8 Å². The molecule has 0 unspecified atom stereocenters. The minimum absolute atomic E-state index is 0.0639. The van der Waals surface area contributed by atoms with E-state index in [2.05, 4.69) is 10.2 Å². The second-order valence-electron chi connectivity index (χ2n) is 6.58. The van der Waals surface area contributed by atoms with E-state index in [1.165, 1.54) is 6.26 Å². The van der Waals surface area contributed by atoms with E-state index in [9.17, 15) is 4.79 Å². The fourth-order valence-electron chi connectivity index (χ4n) is 3.25. The summed E-state index contributed by atoms with van der Waals surface area (Å²) in [4.78, 5) is 15.2. The number of rotatable bonds is 5.